The second-order valence-electron chi connectivity index (χ2n) is 6.58. The molecular weight excluding hydrogens is 286 g/mol. The molecule has 2 atom stereocenters. The van der Waals surface area contributed by atoms with Crippen LogP contribution in [-0.4, -0.2) is 38.2 Å². The number of rotatable bonds is 3. The van der Waals surface area contributed by atoms with E-state index in [1.165, 1.54) is 0 Å². The minimum atomic E-state index is -3.50. The molecule has 3 fully saturated rings. The van der Waals surface area contributed by atoms with Crippen LogP contribution in [0, 0.1) is 5.92 Å². The Hall–Kier alpha value is -0.270. The highest BCUT2D eigenvalue weighted by Gasteiger charge is 2.50. The fraction of sp³-hybridized carbons (Fsp3) is 1.00. The van der Waals surface area contributed by atoms with Gasteiger partial charge in [-0.3, -0.25) is 0 Å². The van der Waals surface area contributed by atoms with Gasteiger partial charge in [-0.15, -0.1) is 0 Å². The second-order valence-corrected chi connectivity index (χ2v) is 8.54. The third-order valence-electron chi connectivity index (χ3n) is 5.24. The van der Waals surface area contributed by atoms with E-state index in [-0.39, 0.29) is 31.2 Å². The summed E-state index contributed by atoms with van der Waals surface area (Å²) in [6.07, 6.45) is 2.44. The van der Waals surface area contributed by atoms with Crippen LogP contribution >= 0.6 is 0 Å². The lowest BCUT2D eigenvalue weighted by molar-refractivity contribution is -0.0329. The predicted octanol–water partition coefficient (Wildman–Crippen LogP) is 1.63. The van der Waals surface area contributed by atoms with Crippen LogP contribution in [0.25, 0.3) is 0 Å². The van der Waals surface area contributed by atoms with Gasteiger partial charge in [0.15, 0.2) is 0 Å². The Morgan fingerprint density at radius 1 is 1.10 bits per heavy atom. The monoisotopic (exact) mass is 308 g/mol. The van der Waals surface area contributed by atoms with Crippen molar-refractivity contribution >= 4 is 10.0 Å². The largest absolute Gasteiger partial charge is 0.315 e. The highest BCUT2D eigenvalue weighted by atomic mass is 32.2. The van der Waals surface area contributed by atoms with Crippen LogP contribution in [0.4, 0.5) is 8.78 Å². The number of sulfonamides is 1. The van der Waals surface area contributed by atoms with Crippen LogP contribution in [0.5, 0.6) is 0 Å². The summed E-state index contributed by atoms with van der Waals surface area (Å²) < 4.78 is 54.2. The minimum Gasteiger partial charge on any atom is -0.315 e. The normalized spacial score (nSPS) is 38.0. The van der Waals surface area contributed by atoms with Crippen molar-refractivity contribution in [3.05, 3.63) is 0 Å². The van der Waals surface area contributed by atoms with Crippen LogP contribution in [0.1, 0.15) is 44.9 Å². The molecule has 1 aliphatic heterocycles. The van der Waals surface area contributed by atoms with Crippen molar-refractivity contribution in [2.45, 2.75) is 61.7 Å². The SMILES string of the molecule is O=S(=O)(N[C@]12CCC[C@H]1CNC2)C1CCC(F)(F)CC1. The van der Waals surface area contributed by atoms with Gasteiger partial charge in [-0.05, 0) is 38.1 Å². The average Bonchev–Trinajstić information content (AvgIpc) is 2.86. The van der Waals surface area contributed by atoms with Gasteiger partial charge in [0.25, 0.3) is 0 Å². The van der Waals surface area contributed by atoms with E-state index in [2.05, 4.69) is 10.0 Å². The fourth-order valence-corrected chi connectivity index (χ4v) is 5.94. The molecule has 3 rings (SSSR count). The van der Waals surface area contributed by atoms with E-state index in [0.29, 0.717) is 12.5 Å². The lowest BCUT2D eigenvalue weighted by atomic mass is 9.92. The molecule has 4 nitrogen and oxygen atoms in total. The average molecular weight is 308 g/mol. The molecule has 0 aromatic carbocycles. The molecule has 2 aliphatic carbocycles. The Balaban J connectivity index is 1.70. The maximum atomic E-state index is 13.2. The third-order valence-corrected chi connectivity index (χ3v) is 7.28. The molecule has 2 N–H and O–H groups in total. The molecule has 3 aliphatic rings. The van der Waals surface area contributed by atoms with Gasteiger partial charge < -0.3 is 5.32 Å². The summed E-state index contributed by atoms with van der Waals surface area (Å²) in [5, 5.41) is 2.60. The van der Waals surface area contributed by atoms with Crippen molar-refractivity contribution in [1.29, 1.82) is 0 Å². The number of hydrogen-bond acceptors (Lipinski definition) is 3. The van der Waals surface area contributed by atoms with Crippen molar-refractivity contribution in [2.24, 2.45) is 5.92 Å². The number of nitrogens with one attached hydrogen (secondary N) is 2. The van der Waals surface area contributed by atoms with E-state index in [1.807, 2.05) is 0 Å². The third kappa shape index (κ3) is 2.60. The molecule has 0 spiro atoms. The van der Waals surface area contributed by atoms with Crippen molar-refractivity contribution < 1.29 is 17.2 Å². The van der Waals surface area contributed by atoms with Crippen molar-refractivity contribution in [2.75, 3.05) is 13.1 Å². The fourth-order valence-electron chi connectivity index (χ4n) is 4.00. The van der Waals surface area contributed by atoms with Crippen LogP contribution in [0.3, 0.4) is 0 Å². The standard InChI is InChI=1S/C13H22F2N2O2S/c14-13(15)6-3-11(4-7-13)20(18,19)17-12-5-1-2-10(12)8-16-9-12/h10-11,16-17H,1-9H2/t10-,12-/m0/s1. The Labute approximate surface area is 118 Å². The molecule has 116 valence electrons. The van der Waals surface area contributed by atoms with E-state index < -0.39 is 21.2 Å². The van der Waals surface area contributed by atoms with Gasteiger partial charge in [-0.2, -0.15) is 0 Å². The first kappa shape index (κ1) is 14.7. The molecule has 0 aromatic rings. The lowest BCUT2D eigenvalue weighted by Crippen LogP contribution is -2.54. The van der Waals surface area contributed by atoms with E-state index in [4.69, 9.17) is 0 Å². The first-order valence-electron chi connectivity index (χ1n) is 7.44. The van der Waals surface area contributed by atoms with Gasteiger partial charge in [0, 0.05) is 24.9 Å². The van der Waals surface area contributed by atoms with Crippen LogP contribution in [0.2, 0.25) is 0 Å². The van der Waals surface area contributed by atoms with E-state index >= 15 is 0 Å². The van der Waals surface area contributed by atoms with Crippen LogP contribution in [0.15, 0.2) is 0 Å². The number of halogens is 2. The minimum absolute atomic E-state index is 0.0660. The van der Waals surface area contributed by atoms with Crippen molar-refractivity contribution in [1.82, 2.24) is 10.0 Å². The maximum absolute atomic E-state index is 13.2. The molecular formula is C13H22F2N2O2S. The zero-order valence-corrected chi connectivity index (χ0v) is 12.3. The van der Waals surface area contributed by atoms with Crippen LogP contribution in [-0.2, 0) is 10.0 Å². The summed E-state index contributed by atoms with van der Waals surface area (Å²) >= 11 is 0. The highest BCUT2D eigenvalue weighted by molar-refractivity contribution is 7.90. The van der Waals surface area contributed by atoms with Gasteiger partial charge in [0.1, 0.15) is 0 Å². The molecule has 7 heteroatoms. The molecule has 0 unspecified atom stereocenters. The van der Waals surface area contributed by atoms with E-state index in [9.17, 15) is 17.2 Å². The first-order valence-corrected chi connectivity index (χ1v) is 8.99. The summed E-state index contributed by atoms with van der Waals surface area (Å²) in [7, 11) is -3.50. The topological polar surface area (TPSA) is 58.2 Å². The highest BCUT2D eigenvalue weighted by Crippen LogP contribution is 2.41. The predicted molar refractivity (Wildman–Crippen MR) is 72.2 cm³/mol. The zero-order chi connectivity index (χ0) is 14.4. The molecule has 20 heavy (non-hydrogen) atoms. The molecule has 0 aromatic heterocycles. The Bertz CT molecular complexity index is 461. The summed E-state index contributed by atoms with van der Waals surface area (Å²) in [5.74, 6) is -2.34. The van der Waals surface area contributed by atoms with Gasteiger partial charge >= 0.3 is 0 Å². The molecule has 0 bridgehead atoms. The van der Waals surface area contributed by atoms with Crippen molar-refractivity contribution in [3.8, 4) is 0 Å². The Morgan fingerprint density at radius 3 is 2.50 bits per heavy atom. The number of hydrogen-bond donors (Lipinski definition) is 2. The molecule has 0 amide bonds. The summed E-state index contributed by atoms with van der Waals surface area (Å²) in [4.78, 5) is 0. The smallest absolute Gasteiger partial charge is 0.248 e. The first-order chi connectivity index (χ1) is 9.33. The Kier molecular flexibility index (Phi) is 3.58. The molecule has 0 radical (unpaired) electrons. The number of fused-ring (bicyclic) bond motifs is 1. The Morgan fingerprint density at radius 2 is 1.80 bits per heavy atom. The van der Waals surface area contributed by atoms with Gasteiger partial charge in [0.2, 0.25) is 15.9 Å². The summed E-state index contributed by atoms with van der Waals surface area (Å²) in [6.45, 7) is 1.52. The van der Waals surface area contributed by atoms with Crippen molar-refractivity contribution in [3.63, 3.8) is 0 Å². The van der Waals surface area contributed by atoms with Gasteiger partial charge in [-0.25, -0.2) is 21.9 Å². The van der Waals surface area contributed by atoms with E-state index in [0.717, 1.165) is 25.8 Å². The summed E-state index contributed by atoms with van der Waals surface area (Å²) in [5.41, 5.74) is -0.362. The zero-order valence-electron chi connectivity index (χ0n) is 11.5. The second kappa shape index (κ2) is 4.88. The lowest BCUT2D eigenvalue weighted by Gasteiger charge is -2.34. The van der Waals surface area contributed by atoms with E-state index in [1.54, 1.807) is 0 Å². The van der Waals surface area contributed by atoms with Crippen LogP contribution < -0.4 is 10.0 Å². The molecule has 1 heterocycles. The quantitative estimate of drug-likeness (QED) is 0.833. The van der Waals surface area contributed by atoms with Gasteiger partial charge in [-0.1, -0.05) is 6.42 Å². The molecule has 1 saturated heterocycles. The maximum Gasteiger partial charge on any atom is 0.248 e. The molecule has 2 saturated carbocycles. The summed E-state index contributed by atoms with van der Waals surface area (Å²) in [6, 6.07) is 0. The number of alkyl halides is 2. The van der Waals surface area contributed by atoms with Gasteiger partial charge in [0.05, 0.1) is 5.25 Å².